The van der Waals surface area contributed by atoms with E-state index in [4.69, 9.17) is 5.73 Å². The Bertz CT molecular complexity index is 348. The van der Waals surface area contributed by atoms with Crippen LogP contribution in [0.2, 0.25) is 0 Å². The monoisotopic (exact) mass is 162 g/mol. The summed E-state index contributed by atoms with van der Waals surface area (Å²) in [7, 11) is 1.69. The van der Waals surface area contributed by atoms with Crippen molar-refractivity contribution in [2.45, 2.75) is 0 Å². The number of amides is 2. The zero-order chi connectivity index (χ0) is 8.72. The standard InChI is InChI=1S/C8H8N3O/c1-11-7-3-2-5(9)4-6(7)10-8(11)12/h2-4H,9H2,1H3. The number of nitrogens with two attached hydrogens (primary N) is 1. The topological polar surface area (TPSA) is 60.4 Å². The molecule has 0 bridgehead atoms. The number of fused-ring (bicyclic) bond motifs is 1. The Balaban J connectivity index is 2.54. The van der Waals surface area contributed by atoms with Crippen LogP contribution in [0.4, 0.5) is 21.9 Å². The fourth-order valence-corrected chi connectivity index (χ4v) is 1.19. The molecule has 2 rings (SSSR count). The molecule has 1 radical (unpaired) electrons. The van der Waals surface area contributed by atoms with E-state index in [1.807, 2.05) is 0 Å². The van der Waals surface area contributed by atoms with E-state index >= 15 is 0 Å². The minimum absolute atomic E-state index is 0.240. The number of nitrogens with zero attached hydrogens (tertiary/aromatic N) is 2. The molecule has 61 valence electrons. The largest absolute Gasteiger partial charge is 0.399 e. The molecule has 1 aliphatic heterocycles. The second-order valence-corrected chi connectivity index (χ2v) is 2.70. The zero-order valence-corrected chi connectivity index (χ0v) is 6.61. The van der Waals surface area contributed by atoms with E-state index in [0.717, 1.165) is 5.69 Å². The summed E-state index contributed by atoms with van der Waals surface area (Å²) in [6.07, 6.45) is 0. The summed E-state index contributed by atoms with van der Waals surface area (Å²) in [4.78, 5) is 12.6. The van der Waals surface area contributed by atoms with Crippen LogP contribution in [-0.4, -0.2) is 13.1 Å². The number of carbonyl (C=O) groups excluding carboxylic acids is 1. The summed E-state index contributed by atoms with van der Waals surface area (Å²) in [6.45, 7) is 0. The Morgan fingerprint density at radius 2 is 2.25 bits per heavy atom. The maximum absolute atomic E-state index is 11.1. The lowest BCUT2D eigenvalue weighted by Gasteiger charge is -2.06. The normalized spacial score (nSPS) is 14.4. The SMILES string of the molecule is CN1C(=O)[N]c2cc(N)ccc21. The van der Waals surface area contributed by atoms with Crippen molar-refractivity contribution in [3.63, 3.8) is 0 Å². The molecule has 4 nitrogen and oxygen atoms in total. The maximum atomic E-state index is 11.1. The van der Waals surface area contributed by atoms with Gasteiger partial charge in [0.2, 0.25) is 0 Å². The van der Waals surface area contributed by atoms with Crippen molar-refractivity contribution >= 4 is 23.1 Å². The molecule has 0 fully saturated rings. The number of hydrogen-bond acceptors (Lipinski definition) is 2. The molecule has 2 N–H and O–H groups in total. The van der Waals surface area contributed by atoms with Crippen LogP contribution < -0.4 is 16.0 Å². The van der Waals surface area contributed by atoms with Gasteiger partial charge >= 0.3 is 6.03 Å². The highest BCUT2D eigenvalue weighted by molar-refractivity contribution is 6.04. The molecule has 1 aliphatic rings. The van der Waals surface area contributed by atoms with Crippen LogP contribution >= 0.6 is 0 Å². The molecule has 0 aromatic heterocycles. The van der Waals surface area contributed by atoms with E-state index in [-0.39, 0.29) is 6.03 Å². The first-order valence-electron chi connectivity index (χ1n) is 3.57. The molecule has 12 heavy (non-hydrogen) atoms. The Kier molecular flexibility index (Phi) is 1.24. The van der Waals surface area contributed by atoms with Gasteiger partial charge in [-0.2, -0.15) is 5.32 Å². The van der Waals surface area contributed by atoms with Crippen LogP contribution in [0.15, 0.2) is 18.2 Å². The van der Waals surface area contributed by atoms with Crippen LogP contribution in [0.25, 0.3) is 0 Å². The van der Waals surface area contributed by atoms with Crippen LogP contribution in [0.1, 0.15) is 0 Å². The number of benzene rings is 1. The lowest BCUT2D eigenvalue weighted by atomic mass is 10.2. The van der Waals surface area contributed by atoms with E-state index in [0.29, 0.717) is 11.4 Å². The molecular formula is C8H8N3O. The van der Waals surface area contributed by atoms with Gasteiger partial charge in [0.1, 0.15) is 0 Å². The fraction of sp³-hybridized carbons (Fsp3) is 0.125. The number of urea groups is 1. The fourth-order valence-electron chi connectivity index (χ4n) is 1.19. The number of rotatable bonds is 0. The van der Waals surface area contributed by atoms with E-state index in [2.05, 4.69) is 5.32 Å². The number of nitrogen functional groups attached to an aromatic ring is 1. The van der Waals surface area contributed by atoms with Crippen LogP contribution in [-0.2, 0) is 0 Å². The Labute approximate surface area is 70.0 Å². The minimum Gasteiger partial charge on any atom is -0.399 e. The van der Waals surface area contributed by atoms with Crippen molar-refractivity contribution in [1.82, 2.24) is 5.32 Å². The van der Waals surface area contributed by atoms with Crippen molar-refractivity contribution in [3.8, 4) is 0 Å². The van der Waals surface area contributed by atoms with Gasteiger partial charge in [-0.1, -0.05) is 0 Å². The molecule has 0 saturated carbocycles. The second-order valence-electron chi connectivity index (χ2n) is 2.70. The highest BCUT2D eigenvalue weighted by Gasteiger charge is 2.24. The number of hydrogen-bond donors (Lipinski definition) is 1. The van der Waals surface area contributed by atoms with Gasteiger partial charge in [-0.15, -0.1) is 0 Å². The first-order valence-corrected chi connectivity index (χ1v) is 3.57. The summed E-state index contributed by atoms with van der Waals surface area (Å²) in [5, 5.41) is 3.80. The average Bonchev–Trinajstić information content (AvgIpc) is 2.28. The van der Waals surface area contributed by atoms with Crippen LogP contribution in [0, 0.1) is 0 Å². The Morgan fingerprint density at radius 1 is 1.50 bits per heavy atom. The third-order valence-electron chi connectivity index (χ3n) is 1.86. The van der Waals surface area contributed by atoms with Crippen LogP contribution in [0.5, 0.6) is 0 Å². The molecule has 0 unspecified atom stereocenters. The van der Waals surface area contributed by atoms with Gasteiger partial charge in [-0.3, -0.25) is 4.90 Å². The molecule has 0 saturated heterocycles. The Morgan fingerprint density at radius 3 is 3.00 bits per heavy atom. The predicted molar refractivity (Wildman–Crippen MR) is 46.4 cm³/mol. The summed E-state index contributed by atoms with van der Waals surface area (Å²) in [6, 6.07) is 5.00. The highest BCUT2D eigenvalue weighted by atomic mass is 16.2. The summed E-state index contributed by atoms with van der Waals surface area (Å²) < 4.78 is 0. The molecular weight excluding hydrogens is 154 g/mol. The lowest BCUT2D eigenvalue weighted by molar-refractivity contribution is 0.252. The van der Waals surface area contributed by atoms with E-state index in [9.17, 15) is 4.79 Å². The second kappa shape index (κ2) is 2.14. The van der Waals surface area contributed by atoms with Crippen molar-refractivity contribution in [3.05, 3.63) is 18.2 Å². The molecule has 0 atom stereocenters. The molecule has 1 heterocycles. The summed E-state index contributed by atoms with van der Waals surface area (Å²) >= 11 is 0. The number of anilines is 2. The third-order valence-corrected chi connectivity index (χ3v) is 1.86. The third kappa shape index (κ3) is 0.812. The van der Waals surface area contributed by atoms with Crippen molar-refractivity contribution in [1.29, 1.82) is 0 Å². The van der Waals surface area contributed by atoms with Gasteiger partial charge in [0.25, 0.3) is 0 Å². The lowest BCUT2D eigenvalue weighted by Crippen LogP contribution is -2.22. The Hall–Kier alpha value is -1.71. The van der Waals surface area contributed by atoms with Crippen LogP contribution in [0.3, 0.4) is 0 Å². The van der Waals surface area contributed by atoms with Gasteiger partial charge < -0.3 is 5.73 Å². The molecule has 4 heteroatoms. The van der Waals surface area contributed by atoms with E-state index in [1.54, 1.807) is 25.2 Å². The van der Waals surface area contributed by atoms with Gasteiger partial charge in [0.15, 0.2) is 0 Å². The van der Waals surface area contributed by atoms with Crippen molar-refractivity contribution in [2.75, 3.05) is 17.7 Å². The predicted octanol–water partition coefficient (Wildman–Crippen LogP) is 1.07. The van der Waals surface area contributed by atoms with Crippen molar-refractivity contribution in [2.24, 2.45) is 0 Å². The quantitative estimate of drug-likeness (QED) is 0.580. The van der Waals surface area contributed by atoms with Gasteiger partial charge in [-0.05, 0) is 18.2 Å². The zero-order valence-electron chi connectivity index (χ0n) is 6.61. The maximum Gasteiger partial charge on any atom is 0.348 e. The van der Waals surface area contributed by atoms with Gasteiger partial charge in [0, 0.05) is 12.7 Å². The first-order chi connectivity index (χ1) is 5.68. The molecule has 1 aromatic carbocycles. The van der Waals surface area contributed by atoms with Gasteiger partial charge in [0.05, 0.1) is 11.4 Å². The molecule has 0 aliphatic carbocycles. The van der Waals surface area contributed by atoms with E-state index < -0.39 is 0 Å². The molecule has 0 spiro atoms. The van der Waals surface area contributed by atoms with Crippen molar-refractivity contribution < 1.29 is 4.79 Å². The van der Waals surface area contributed by atoms with E-state index in [1.165, 1.54) is 4.90 Å². The average molecular weight is 162 g/mol. The van der Waals surface area contributed by atoms with Gasteiger partial charge in [-0.25, -0.2) is 4.79 Å². The molecule has 2 amide bonds. The number of carbonyl (C=O) groups is 1. The minimum atomic E-state index is -0.240. The first kappa shape index (κ1) is 6.97. The highest BCUT2D eigenvalue weighted by Crippen LogP contribution is 2.32. The smallest absolute Gasteiger partial charge is 0.348 e. The molecule has 1 aromatic rings. The summed E-state index contributed by atoms with van der Waals surface area (Å²) in [5.41, 5.74) is 7.63. The summed E-state index contributed by atoms with van der Waals surface area (Å²) in [5.74, 6) is 0.